The molecule has 0 spiro atoms. The van der Waals surface area contributed by atoms with Crippen LogP contribution in [0.25, 0.3) is 10.8 Å². The first kappa shape index (κ1) is 22.0. The summed E-state index contributed by atoms with van der Waals surface area (Å²) in [5.41, 5.74) is -0.866. The lowest BCUT2D eigenvalue weighted by Crippen LogP contribution is -2.42. The van der Waals surface area contributed by atoms with Crippen molar-refractivity contribution in [1.82, 2.24) is 19.4 Å². The van der Waals surface area contributed by atoms with Gasteiger partial charge in [-0.3, -0.25) is 19.5 Å². The van der Waals surface area contributed by atoms with Crippen LogP contribution >= 0.6 is 0 Å². The van der Waals surface area contributed by atoms with Gasteiger partial charge in [0.2, 0.25) is 15.9 Å². The van der Waals surface area contributed by atoms with Gasteiger partial charge in [0.15, 0.2) is 0 Å². The van der Waals surface area contributed by atoms with Gasteiger partial charge in [0.05, 0.1) is 15.7 Å². The Balaban J connectivity index is 1.32. The first-order chi connectivity index (χ1) is 15.4. The number of sulfonamides is 1. The number of amides is 1. The monoisotopic (exact) mass is 456 g/mol. The van der Waals surface area contributed by atoms with Crippen LogP contribution in [0.3, 0.4) is 0 Å². The predicted octanol–water partition coefficient (Wildman–Crippen LogP) is 0.907. The van der Waals surface area contributed by atoms with E-state index in [2.05, 4.69) is 10.4 Å². The van der Waals surface area contributed by atoms with E-state index in [1.54, 1.807) is 54.6 Å². The highest BCUT2D eigenvalue weighted by Crippen LogP contribution is 2.23. The average Bonchev–Trinajstić information content (AvgIpc) is 2.82. The van der Waals surface area contributed by atoms with Gasteiger partial charge in [-0.25, -0.2) is 13.1 Å². The van der Waals surface area contributed by atoms with Crippen LogP contribution in [-0.4, -0.2) is 48.0 Å². The molecule has 0 radical (unpaired) electrons. The molecule has 1 amide bonds. The number of fused-ring (bicyclic) bond motifs is 1. The number of hydrogen-bond donors (Lipinski definition) is 2. The third-order valence-electron chi connectivity index (χ3n) is 5.73. The summed E-state index contributed by atoms with van der Waals surface area (Å²) in [6, 6.07) is 14.8. The molecule has 1 saturated heterocycles. The van der Waals surface area contributed by atoms with Crippen LogP contribution in [0.15, 0.2) is 69.1 Å². The van der Waals surface area contributed by atoms with E-state index < -0.39 is 27.0 Å². The Bertz CT molecular complexity index is 1340. The van der Waals surface area contributed by atoms with Crippen LogP contribution in [-0.2, 0) is 21.4 Å². The minimum atomic E-state index is -3.51. The molecule has 0 bridgehead atoms. The highest BCUT2D eigenvalue weighted by molar-refractivity contribution is 7.89. The topological polar surface area (TPSA) is 121 Å². The average molecular weight is 457 g/mol. The van der Waals surface area contributed by atoms with Crippen molar-refractivity contribution in [2.45, 2.75) is 24.3 Å². The Labute approximate surface area is 184 Å². The van der Waals surface area contributed by atoms with Gasteiger partial charge >= 0.3 is 0 Å². The number of H-pyrrole nitrogens is 1. The third kappa shape index (κ3) is 4.51. The zero-order valence-corrected chi connectivity index (χ0v) is 18.2. The van der Waals surface area contributed by atoms with Gasteiger partial charge in [-0.15, -0.1) is 0 Å². The van der Waals surface area contributed by atoms with Gasteiger partial charge in [-0.1, -0.05) is 30.3 Å². The molecule has 1 aromatic heterocycles. The fraction of sp³-hybridized carbons (Fsp3) is 0.318. The number of piperidine rings is 1. The molecule has 3 aromatic rings. The number of rotatable bonds is 6. The highest BCUT2D eigenvalue weighted by atomic mass is 32.2. The molecule has 0 aliphatic carbocycles. The first-order valence-electron chi connectivity index (χ1n) is 10.4. The van der Waals surface area contributed by atoms with E-state index >= 15 is 0 Å². The van der Waals surface area contributed by atoms with Gasteiger partial charge < -0.3 is 5.32 Å². The van der Waals surface area contributed by atoms with Crippen molar-refractivity contribution in [3.05, 3.63) is 75.3 Å². The summed E-state index contributed by atoms with van der Waals surface area (Å²) < 4.78 is 27.9. The van der Waals surface area contributed by atoms with Crippen LogP contribution in [0.2, 0.25) is 0 Å². The molecule has 2 N–H and O–H groups in total. The second kappa shape index (κ2) is 9.09. The molecule has 2 aromatic carbocycles. The number of carbonyl (C=O) groups is 1. The van der Waals surface area contributed by atoms with Crippen molar-refractivity contribution < 1.29 is 13.2 Å². The number of hydrogen-bond acceptors (Lipinski definition) is 5. The standard InChI is InChI=1S/C22H24N4O5S/c27-20(15-26-22(29)19-9-5-4-8-18(19)21(28)24-26)23-14-16-10-12-25(13-11-16)32(30,31)17-6-2-1-3-7-17/h1-9,16H,10-15H2,(H,23,27)(H,24,28). The maximum Gasteiger partial charge on any atom is 0.273 e. The first-order valence-corrected chi connectivity index (χ1v) is 11.8. The maximum absolute atomic E-state index is 12.7. The van der Waals surface area contributed by atoms with Crippen molar-refractivity contribution >= 4 is 26.7 Å². The highest BCUT2D eigenvalue weighted by Gasteiger charge is 2.29. The van der Waals surface area contributed by atoms with Crippen molar-refractivity contribution in [2.75, 3.05) is 19.6 Å². The van der Waals surface area contributed by atoms with Crippen molar-refractivity contribution in [3.63, 3.8) is 0 Å². The Hall–Kier alpha value is -3.24. The number of benzene rings is 2. The summed E-state index contributed by atoms with van der Waals surface area (Å²) >= 11 is 0. The molecule has 168 valence electrons. The fourth-order valence-electron chi connectivity index (χ4n) is 3.91. The van der Waals surface area contributed by atoms with Crippen LogP contribution < -0.4 is 16.4 Å². The summed E-state index contributed by atoms with van der Waals surface area (Å²) in [5.74, 6) is -0.258. The molecule has 0 saturated carbocycles. The SMILES string of the molecule is O=C(Cn1[nH]c(=O)c2ccccc2c1=O)NCC1CCN(S(=O)(=O)c2ccccc2)CC1. The maximum atomic E-state index is 12.7. The van der Waals surface area contributed by atoms with E-state index in [-0.39, 0.29) is 28.1 Å². The second-order valence-corrected chi connectivity index (χ2v) is 9.78. The van der Waals surface area contributed by atoms with Gasteiger partial charge in [0, 0.05) is 19.6 Å². The summed E-state index contributed by atoms with van der Waals surface area (Å²) in [5, 5.41) is 5.78. The number of nitrogens with one attached hydrogen (secondary N) is 2. The molecular formula is C22H24N4O5S. The van der Waals surface area contributed by atoms with Crippen molar-refractivity contribution in [1.29, 1.82) is 0 Å². The number of aromatic amines is 1. The number of nitrogens with zero attached hydrogens (tertiary/aromatic N) is 2. The van der Waals surface area contributed by atoms with Crippen LogP contribution in [0.5, 0.6) is 0 Å². The summed E-state index contributed by atoms with van der Waals surface area (Å²) in [6.07, 6.45) is 1.25. The Morgan fingerprint density at radius 3 is 2.28 bits per heavy atom. The molecule has 10 heteroatoms. The molecule has 2 heterocycles. The molecule has 1 aliphatic heterocycles. The Morgan fingerprint density at radius 1 is 0.969 bits per heavy atom. The van der Waals surface area contributed by atoms with Gasteiger partial charge in [-0.2, -0.15) is 4.31 Å². The fourth-order valence-corrected chi connectivity index (χ4v) is 5.40. The largest absolute Gasteiger partial charge is 0.354 e. The lowest BCUT2D eigenvalue weighted by Gasteiger charge is -2.31. The summed E-state index contributed by atoms with van der Waals surface area (Å²) in [7, 11) is -3.51. The molecule has 0 atom stereocenters. The van der Waals surface area contributed by atoms with Gasteiger partial charge in [-0.05, 0) is 43.0 Å². The second-order valence-electron chi connectivity index (χ2n) is 7.84. The van der Waals surface area contributed by atoms with Gasteiger partial charge in [0.1, 0.15) is 6.54 Å². The van der Waals surface area contributed by atoms with Crippen molar-refractivity contribution in [2.24, 2.45) is 5.92 Å². The van der Waals surface area contributed by atoms with Crippen molar-refractivity contribution in [3.8, 4) is 0 Å². The lowest BCUT2D eigenvalue weighted by molar-refractivity contribution is -0.122. The zero-order chi connectivity index (χ0) is 22.7. The normalized spacial score (nSPS) is 15.6. The molecule has 9 nitrogen and oxygen atoms in total. The van der Waals surface area contributed by atoms with E-state index in [1.807, 2.05) is 0 Å². The molecule has 4 rings (SSSR count). The Morgan fingerprint density at radius 2 is 1.59 bits per heavy atom. The van der Waals surface area contributed by atoms with Crippen LogP contribution in [0, 0.1) is 5.92 Å². The van der Waals surface area contributed by atoms with Crippen LogP contribution in [0.1, 0.15) is 12.8 Å². The Kier molecular flexibility index (Phi) is 6.24. The molecular weight excluding hydrogens is 432 g/mol. The minimum Gasteiger partial charge on any atom is -0.354 e. The van der Waals surface area contributed by atoms with E-state index in [9.17, 15) is 22.8 Å². The zero-order valence-electron chi connectivity index (χ0n) is 17.4. The van der Waals surface area contributed by atoms with E-state index in [0.29, 0.717) is 32.5 Å². The third-order valence-corrected chi connectivity index (χ3v) is 7.64. The number of carbonyl (C=O) groups excluding carboxylic acids is 1. The van der Waals surface area contributed by atoms with E-state index in [0.717, 1.165) is 4.68 Å². The molecule has 32 heavy (non-hydrogen) atoms. The van der Waals surface area contributed by atoms with E-state index in [1.165, 1.54) is 4.31 Å². The van der Waals surface area contributed by atoms with E-state index in [4.69, 9.17) is 0 Å². The summed E-state index contributed by atoms with van der Waals surface area (Å²) in [6.45, 7) is 0.856. The lowest BCUT2D eigenvalue weighted by atomic mass is 9.98. The minimum absolute atomic E-state index is 0.133. The molecule has 0 unspecified atom stereocenters. The smallest absolute Gasteiger partial charge is 0.273 e. The summed E-state index contributed by atoms with van der Waals surface area (Å²) in [4.78, 5) is 37.3. The predicted molar refractivity (Wildman–Crippen MR) is 120 cm³/mol. The number of aromatic nitrogens is 2. The molecule has 1 fully saturated rings. The van der Waals surface area contributed by atoms with Crippen LogP contribution in [0.4, 0.5) is 0 Å². The quantitative estimate of drug-likeness (QED) is 0.571. The molecule has 1 aliphatic rings. The van der Waals surface area contributed by atoms with Gasteiger partial charge in [0.25, 0.3) is 11.1 Å².